The zero-order valence-corrected chi connectivity index (χ0v) is 13.5. The molecule has 0 spiro atoms. The molecule has 2 aromatic carbocycles. The predicted molar refractivity (Wildman–Crippen MR) is 91.1 cm³/mol. The van der Waals surface area contributed by atoms with E-state index in [9.17, 15) is 4.79 Å². The molecule has 0 aromatic heterocycles. The van der Waals surface area contributed by atoms with E-state index >= 15 is 0 Å². The molecule has 2 aliphatic rings. The van der Waals surface area contributed by atoms with E-state index in [2.05, 4.69) is 23.1 Å². The van der Waals surface area contributed by atoms with Crippen LogP contribution in [-0.2, 0) is 17.8 Å². The van der Waals surface area contributed by atoms with Gasteiger partial charge in [-0.15, -0.1) is 0 Å². The van der Waals surface area contributed by atoms with Crippen LogP contribution in [0.3, 0.4) is 0 Å². The molecule has 0 N–H and O–H groups in total. The highest BCUT2D eigenvalue weighted by Crippen LogP contribution is 2.39. The lowest BCUT2D eigenvalue weighted by Crippen LogP contribution is -2.41. The molecule has 0 saturated carbocycles. The van der Waals surface area contributed by atoms with Gasteiger partial charge in [0, 0.05) is 37.4 Å². The third kappa shape index (κ3) is 2.25. The van der Waals surface area contributed by atoms with Crippen LogP contribution in [0.4, 0.5) is 11.4 Å². The van der Waals surface area contributed by atoms with E-state index < -0.39 is 0 Å². The van der Waals surface area contributed by atoms with Gasteiger partial charge in [0.25, 0.3) is 0 Å². The second kappa shape index (κ2) is 5.30. The summed E-state index contributed by atoms with van der Waals surface area (Å²) in [4.78, 5) is 16.8. The summed E-state index contributed by atoms with van der Waals surface area (Å²) in [5.41, 5.74) is 4.70. The molecule has 2 aliphatic heterocycles. The first-order chi connectivity index (χ1) is 11.2. The number of hydrogen-bond acceptors (Lipinski definition) is 3. The SMILES string of the molecule is COc1ccc2c(c1)CC1CC(=O)N(C)c3ccccc3CN21. The van der Waals surface area contributed by atoms with Crippen molar-refractivity contribution in [2.75, 3.05) is 24.0 Å². The van der Waals surface area contributed by atoms with E-state index in [1.54, 1.807) is 12.0 Å². The number of benzene rings is 2. The van der Waals surface area contributed by atoms with Gasteiger partial charge in [0.15, 0.2) is 0 Å². The molecule has 4 rings (SSSR count). The Morgan fingerprint density at radius 1 is 1.04 bits per heavy atom. The molecular weight excluding hydrogens is 288 g/mol. The topological polar surface area (TPSA) is 32.8 Å². The van der Waals surface area contributed by atoms with E-state index in [4.69, 9.17) is 4.74 Å². The maximum atomic E-state index is 12.6. The summed E-state index contributed by atoms with van der Waals surface area (Å²) >= 11 is 0. The molecule has 118 valence electrons. The smallest absolute Gasteiger partial charge is 0.228 e. The molecule has 1 atom stereocenters. The van der Waals surface area contributed by atoms with Crippen molar-refractivity contribution in [2.24, 2.45) is 0 Å². The highest BCUT2D eigenvalue weighted by atomic mass is 16.5. The molecule has 23 heavy (non-hydrogen) atoms. The fourth-order valence-electron chi connectivity index (χ4n) is 3.72. The predicted octanol–water partition coefficient (Wildman–Crippen LogP) is 2.99. The second-order valence-corrected chi connectivity index (χ2v) is 6.27. The number of para-hydroxylation sites is 1. The van der Waals surface area contributed by atoms with Crippen molar-refractivity contribution in [1.82, 2.24) is 0 Å². The van der Waals surface area contributed by atoms with Gasteiger partial charge in [-0.25, -0.2) is 0 Å². The number of ether oxygens (including phenoxy) is 1. The van der Waals surface area contributed by atoms with Gasteiger partial charge in [-0.3, -0.25) is 4.79 Å². The summed E-state index contributed by atoms with van der Waals surface area (Å²) in [6, 6.07) is 14.6. The molecule has 1 amide bonds. The number of amides is 1. The molecule has 4 nitrogen and oxygen atoms in total. The Morgan fingerprint density at radius 3 is 2.70 bits per heavy atom. The summed E-state index contributed by atoms with van der Waals surface area (Å²) in [7, 11) is 3.57. The van der Waals surface area contributed by atoms with Gasteiger partial charge >= 0.3 is 0 Å². The standard InChI is InChI=1S/C19H20N2O2/c1-20-17-6-4-3-5-13(17)12-21-15(11-19(20)22)9-14-10-16(23-2)7-8-18(14)21/h3-8,10,15H,9,11-12H2,1-2H3. The molecule has 1 unspecified atom stereocenters. The number of fused-ring (bicyclic) bond motifs is 4. The van der Waals surface area contributed by atoms with Gasteiger partial charge in [-0.1, -0.05) is 18.2 Å². The molecule has 2 heterocycles. The van der Waals surface area contributed by atoms with Crippen molar-refractivity contribution in [3.63, 3.8) is 0 Å². The Labute approximate surface area is 136 Å². The normalized spacial score (nSPS) is 19.6. The number of hydrogen-bond donors (Lipinski definition) is 0. The Bertz CT molecular complexity index is 772. The number of rotatable bonds is 1. The first-order valence-corrected chi connectivity index (χ1v) is 7.95. The van der Waals surface area contributed by atoms with Crippen molar-refractivity contribution in [2.45, 2.75) is 25.4 Å². The van der Waals surface area contributed by atoms with E-state index in [-0.39, 0.29) is 11.9 Å². The van der Waals surface area contributed by atoms with Gasteiger partial charge in [-0.05, 0) is 41.8 Å². The third-order valence-corrected chi connectivity index (χ3v) is 4.97. The average Bonchev–Trinajstić information content (AvgIpc) is 2.89. The number of nitrogens with zero attached hydrogens (tertiary/aromatic N) is 2. The van der Waals surface area contributed by atoms with Crippen LogP contribution in [0, 0.1) is 0 Å². The maximum absolute atomic E-state index is 12.6. The van der Waals surface area contributed by atoms with Crippen LogP contribution in [-0.4, -0.2) is 26.1 Å². The molecule has 4 heteroatoms. The van der Waals surface area contributed by atoms with Crippen molar-refractivity contribution in [3.05, 3.63) is 53.6 Å². The fourth-order valence-corrected chi connectivity index (χ4v) is 3.72. The van der Waals surface area contributed by atoms with Crippen LogP contribution in [0.2, 0.25) is 0 Å². The van der Waals surface area contributed by atoms with E-state index in [0.717, 1.165) is 24.4 Å². The van der Waals surface area contributed by atoms with Gasteiger partial charge in [-0.2, -0.15) is 0 Å². The zero-order valence-electron chi connectivity index (χ0n) is 13.5. The monoisotopic (exact) mass is 308 g/mol. The molecular formula is C19H20N2O2. The van der Waals surface area contributed by atoms with Gasteiger partial charge in [0.05, 0.1) is 7.11 Å². The second-order valence-electron chi connectivity index (χ2n) is 6.27. The molecule has 0 aliphatic carbocycles. The summed E-state index contributed by atoms with van der Waals surface area (Å²) in [5, 5.41) is 0. The molecule has 0 bridgehead atoms. The van der Waals surface area contributed by atoms with E-state index in [0.29, 0.717) is 6.42 Å². The molecule has 2 aromatic rings. The van der Waals surface area contributed by atoms with E-state index in [1.165, 1.54) is 16.8 Å². The number of anilines is 2. The average molecular weight is 308 g/mol. The van der Waals surface area contributed by atoms with E-state index in [1.807, 2.05) is 31.3 Å². The molecule has 0 saturated heterocycles. The lowest BCUT2D eigenvalue weighted by molar-refractivity contribution is -0.118. The van der Waals surface area contributed by atoms with Gasteiger partial charge < -0.3 is 14.5 Å². The van der Waals surface area contributed by atoms with Crippen molar-refractivity contribution in [1.29, 1.82) is 0 Å². The fraction of sp³-hybridized carbons (Fsp3) is 0.316. The summed E-state index contributed by atoms with van der Waals surface area (Å²) < 4.78 is 5.34. The van der Waals surface area contributed by atoms with Crippen LogP contribution in [0.5, 0.6) is 5.75 Å². The first kappa shape index (κ1) is 14.1. The highest BCUT2D eigenvalue weighted by Gasteiger charge is 2.34. The zero-order chi connectivity index (χ0) is 16.0. The Hall–Kier alpha value is -2.49. The van der Waals surface area contributed by atoms with Crippen LogP contribution in [0.25, 0.3) is 0 Å². The third-order valence-electron chi connectivity index (χ3n) is 4.97. The Morgan fingerprint density at radius 2 is 1.87 bits per heavy atom. The lowest BCUT2D eigenvalue weighted by atomic mass is 10.0. The Kier molecular flexibility index (Phi) is 3.26. The van der Waals surface area contributed by atoms with Crippen LogP contribution in [0.1, 0.15) is 17.5 Å². The van der Waals surface area contributed by atoms with Crippen LogP contribution >= 0.6 is 0 Å². The molecule has 0 radical (unpaired) electrons. The minimum atomic E-state index is 0.173. The Balaban J connectivity index is 1.78. The lowest BCUT2D eigenvalue weighted by Gasteiger charge is -2.33. The van der Waals surface area contributed by atoms with Crippen molar-refractivity contribution >= 4 is 17.3 Å². The van der Waals surface area contributed by atoms with Crippen LogP contribution < -0.4 is 14.5 Å². The van der Waals surface area contributed by atoms with Crippen molar-refractivity contribution in [3.8, 4) is 5.75 Å². The number of carbonyl (C=O) groups is 1. The minimum absolute atomic E-state index is 0.173. The van der Waals surface area contributed by atoms with Crippen molar-refractivity contribution < 1.29 is 9.53 Å². The van der Waals surface area contributed by atoms with Crippen LogP contribution in [0.15, 0.2) is 42.5 Å². The number of carbonyl (C=O) groups excluding carboxylic acids is 1. The summed E-state index contributed by atoms with van der Waals surface area (Å²) in [5.74, 6) is 1.05. The summed E-state index contributed by atoms with van der Waals surface area (Å²) in [6.07, 6.45) is 1.44. The number of methoxy groups -OCH3 is 1. The van der Waals surface area contributed by atoms with Gasteiger partial charge in [0.1, 0.15) is 5.75 Å². The maximum Gasteiger partial charge on any atom is 0.228 e. The summed E-state index contributed by atoms with van der Waals surface area (Å²) in [6.45, 7) is 0.831. The minimum Gasteiger partial charge on any atom is -0.497 e. The first-order valence-electron chi connectivity index (χ1n) is 7.95. The molecule has 0 fully saturated rings. The van der Waals surface area contributed by atoms with Gasteiger partial charge in [0.2, 0.25) is 5.91 Å². The highest BCUT2D eigenvalue weighted by molar-refractivity contribution is 5.95. The quantitative estimate of drug-likeness (QED) is 0.812. The largest absolute Gasteiger partial charge is 0.497 e.